The number of nitrogens with zero attached hydrogens (tertiary/aromatic N) is 1. The summed E-state index contributed by atoms with van der Waals surface area (Å²) < 4.78 is 16.1. The third-order valence-corrected chi connectivity index (χ3v) is 4.19. The lowest BCUT2D eigenvalue weighted by molar-refractivity contribution is -0.163. The highest BCUT2D eigenvalue weighted by molar-refractivity contribution is 6.08. The minimum absolute atomic E-state index is 0.0580. The van der Waals surface area contributed by atoms with E-state index in [-0.39, 0.29) is 19.6 Å². The van der Waals surface area contributed by atoms with Gasteiger partial charge >= 0.3 is 11.9 Å². The van der Waals surface area contributed by atoms with Crippen molar-refractivity contribution in [1.29, 1.82) is 0 Å². The van der Waals surface area contributed by atoms with E-state index in [0.29, 0.717) is 11.5 Å². The molecular formula is C21H21NO5. The van der Waals surface area contributed by atoms with Gasteiger partial charge in [0.1, 0.15) is 11.5 Å². The second-order valence-corrected chi connectivity index (χ2v) is 6.01. The molecule has 0 saturated carbocycles. The summed E-state index contributed by atoms with van der Waals surface area (Å²) in [6.45, 7) is 3.67. The highest BCUT2D eigenvalue weighted by Gasteiger charge is 2.50. The van der Waals surface area contributed by atoms with Crippen molar-refractivity contribution in [3.05, 3.63) is 59.7 Å². The van der Waals surface area contributed by atoms with Gasteiger partial charge in [-0.05, 0) is 55.3 Å². The van der Waals surface area contributed by atoms with Gasteiger partial charge in [-0.1, -0.05) is 18.2 Å². The summed E-state index contributed by atoms with van der Waals surface area (Å²) in [5, 5.41) is 0. The second kappa shape index (κ2) is 8.03. The highest BCUT2D eigenvalue weighted by atomic mass is 16.6. The fourth-order valence-corrected chi connectivity index (χ4v) is 2.88. The number of esters is 2. The fraction of sp³-hybridized carbons (Fsp3) is 0.286. The molecular weight excluding hydrogens is 346 g/mol. The number of carbonyl (C=O) groups excluding carboxylic acids is 2. The van der Waals surface area contributed by atoms with Crippen molar-refractivity contribution in [3.63, 3.8) is 0 Å². The molecule has 1 heterocycles. The first-order valence-corrected chi connectivity index (χ1v) is 8.84. The summed E-state index contributed by atoms with van der Waals surface area (Å²) in [7, 11) is 0. The van der Waals surface area contributed by atoms with E-state index in [0.717, 1.165) is 11.1 Å². The second-order valence-electron chi connectivity index (χ2n) is 6.01. The normalized spacial score (nSPS) is 14.1. The highest BCUT2D eigenvalue weighted by Crippen LogP contribution is 2.31. The molecule has 27 heavy (non-hydrogen) atoms. The lowest BCUT2D eigenvalue weighted by atomic mass is 9.86. The van der Waals surface area contributed by atoms with Gasteiger partial charge in [0.05, 0.1) is 13.2 Å². The van der Waals surface area contributed by atoms with Crippen molar-refractivity contribution in [1.82, 2.24) is 0 Å². The number of para-hydroxylation sites is 1. The molecule has 2 aromatic carbocycles. The van der Waals surface area contributed by atoms with Crippen LogP contribution in [0.1, 0.15) is 25.0 Å². The van der Waals surface area contributed by atoms with Crippen LogP contribution in [0.5, 0.6) is 11.5 Å². The molecule has 1 aliphatic rings. The van der Waals surface area contributed by atoms with Gasteiger partial charge < -0.3 is 14.2 Å². The third-order valence-electron chi connectivity index (χ3n) is 4.19. The number of ether oxygens (including phenoxy) is 3. The van der Waals surface area contributed by atoms with Crippen molar-refractivity contribution >= 4 is 18.2 Å². The number of carbonyl (C=O) groups is 2. The summed E-state index contributed by atoms with van der Waals surface area (Å²) in [6.07, 6.45) is 1.57. The van der Waals surface area contributed by atoms with Crippen LogP contribution >= 0.6 is 0 Å². The lowest BCUT2D eigenvalue weighted by Crippen LogP contribution is -2.50. The molecule has 0 radical (unpaired) electrons. The van der Waals surface area contributed by atoms with Gasteiger partial charge in [-0.3, -0.25) is 4.99 Å². The van der Waals surface area contributed by atoms with Crippen LogP contribution in [0.4, 0.5) is 0 Å². The van der Waals surface area contributed by atoms with E-state index >= 15 is 0 Å². The van der Waals surface area contributed by atoms with Crippen molar-refractivity contribution in [2.24, 2.45) is 4.99 Å². The molecule has 0 atom stereocenters. The van der Waals surface area contributed by atoms with Crippen molar-refractivity contribution in [3.8, 4) is 11.5 Å². The van der Waals surface area contributed by atoms with Gasteiger partial charge in [0.25, 0.3) is 5.54 Å². The van der Waals surface area contributed by atoms with E-state index in [2.05, 4.69) is 4.99 Å². The summed E-state index contributed by atoms with van der Waals surface area (Å²) in [5.74, 6) is -0.111. The first-order chi connectivity index (χ1) is 13.1. The monoisotopic (exact) mass is 367 g/mol. The Labute approximate surface area is 157 Å². The lowest BCUT2D eigenvalue weighted by Gasteiger charge is -2.29. The molecule has 1 aliphatic heterocycles. The average Bonchev–Trinajstić information content (AvgIpc) is 2.68. The quantitative estimate of drug-likeness (QED) is 0.578. The van der Waals surface area contributed by atoms with E-state index in [1.54, 1.807) is 19.9 Å². The van der Waals surface area contributed by atoms with Crippen molar-refractivity contribution in [2.75, 3.05) is 13.2 Å². The Balaban J connectivity index is 1.93. The molecule has 140 valence electrons. The molecule has 0 aliphatic carbocycles. The van der Waals surface area contributed by atoms with Gasteiger partial charge in [0.2, 0.25) is 0 Å². The maximum absolute atomic E-state index is 12.6. The van der Waals surface area contributed by atoms with Crippen LogP contribution in [0.25, 0.3) is 0 Å². The number of rotatable bonds is 6. The number of benzene rings is 2. The van der Waals surface area contributed by atoms with Crippen LogP contribution in [0, 0.1) is 0 Å². The number of aliphatic imine (C=N–C) groups is 1. The molecule has 0 spiro atoms. The van der Waals surface area contributed by atoms with Gasteiger partial charge in [-0.2, -0.15) is 0 Å². The van der Waals surface area contributed by atoms with Crippen molar-refractivity contribution < 1.29 is 23.8 Å². The van der Waals surface area contributed by atoms with Crippen LogP contribution in [-0.4, -0.2) is 36.9 Å². The molecule has 3 rings (SSSR count). The Morgan fingerprint density at radius 1 is 0.963 bits per heavy atom. The Kier molecular flexibility index (Phi) is 5.54. The molecule has 0 N–H and O–H groups in total. The van der Waals surface area contributed by atoms with E-state index in [1.165, 1.54) is 6.21 Å². The molecule has 0 aromatic heterocycles. The molecule has 0 unspecified atom stereocenters. The van der Waals surface area contributed by atoms with Crippen LogP contribution < -0.4 is 4.74 Å². The van der Waals surface area contributed by atoms with Crippen LogP contribution in [0.15, 0.2) is 53.5 Å². The third kappa shape index (κ3) is 3.84. The summed E-state index contributed by atoms with van der Waals surface area (Å²) >= 11 is 0. The van der Waals surface area contributed by atoms with Gasteiger partial charge in [-0.25, -0.2) is 9.59 Å². The molecule has 6 heteroatoms. The maximum atomic E-state index is 12.6. The Morgan fingerprint density at radius 2 is 1.63 bits per heavy atom. The molecule has 0 amide bonds. The van der Waals surface area contributed by atoms with Gasteiger partial charge in [0.15, 0.2) is 0 Å². The number of fused-ring (bicyclic) bond motifs is 1. The van der Waals surface area contributed by atoms with Crippen LogP contribution in [0.3, 0.4) is 0 Å². The van der Waals surface area contributed by atoms with Gasteiger partial charge in [-0.15, -0.1) is 0 Å². The van der Waals surface area contributed by atoms with Crippen LogP contribution in [0.2, 0.25) is 0 Å². The zero-order valence-corrected chi connectivity index (χ0v) is 15.3. The topological polar surface area (TPSA) is 74.2 Å². The van der Waals surface area contributed by atoms with E-state index in [1.807, 2.05) is 42.5 Å². The minimum Gasteiger partial charge on any atom is -0.464 e. The Bertz CT molecular complexity index is 842. The molecule has 0 saturated heterocycles. The molecule has 0 bridgehead atoms. The number of hydrogen-bond acceptors (Lipinski definition) is 6. The first kappa shape index (κ1) is 18.6. The van der Waals surface area contributed by atoms with Crippen molar-refractivity contribution in [2.45, 2.75) is 25.8 Å². The van der Waals surface area contributed by atoms with E-state index in [9.17, 15) is 9.59 Å². The minimum atomic E-state index is -1.72. The zero-order chi connectivity index (χ0) is 19.3. The molecule has 6 nitrogen and oxygen atoms in total. The van der Waals surface area contributed by atoms with E-state index in [4.69, 9.17) is 14.2 Å². The Morgan fingerprint density at radius 3 is 2.26 bits per heavy atom. The summed E-state index contributed by atoms with van der Waals surface area (Å²) in [6, 6.07) is 14.8. The average molecular weight is 367 g/mol. The first-order valence-electron chi connectivity index (χ1n) is 8.84. The summed E-state index contributed by atoms with van der Waals surface area (Å²) in [5.41, 5.74) is -0.135. The largest absolute Gasteiger partial charge is 0.464 e. The van der Waals surface area contributed by atoms with E-state index < -0.39 is 17.5 Å². The van der Waals surface area contributed by atoms with Gasteiger partial charge in [0, 0.05) is 12.6 Å². The molecule has 0 fully saturated rings. The Hall–Kier alpha value is -3.15. The standard InChI is InChI=1S/C21H21NO5/c1-3-25-19(23)21(20(24)26-4-2)13-16-12-18(11-10-15(16)14-22-21)27-17-8-6-5-7-9-17/h5-12,14H,3-4,13H2,1-2H3. The molecule has 2 aromatic rings. The van der Waals surface area contributed by atoms with Crippen LogP contribution in [-0.2, 0) is 25.5 Å². The smallest absolute Gasteiger partial charge is 0.346 e. The maximum Gasteiger partial charge on any atom is 0.346 e. The predicted octanol–water partition coefficient (Wildman–Crippen LogP) is 3.32. The fourth-order valence-electron chi connectivity index (χ4n) is 2.88. The zero-order valence-electron chi connectivity index (χ0n) is 15.3. The summed E-state index contributed by atoms with van der Waals surface area (Å²) in [4.78, 5) is 29.3. The number of hydrogen-bond donors (Lipinski definition) is 0. The predicted molar refractivity (Wildman–Crippen MR) is 100 cm³/mol. The SMILES string of the molecule is CCOC(=O)C1(C(=O)OCC)Cc2cc(Oc3ccccc3)ccc2C=N1.